The number of allylic oxidation sites excluding steroid dienone is 1. The van der Waals surface area contributed by atoms with Gasteiger partial charge in [-0.3, -0.25) is 9.59 Å². The van der Waals surface area contributed by atoms with E-state index in [2.05, 4.69) is 81.7 Å². The van der Waals surface area contributed by atoms with E-state index in [-0.39, 0.29) is 45.9 Å². The fourth-order valence-corrected chi connectivity index (χ4v) is 17.4. The second-order valence-electron chi connectivity index (χ2n) is 24.6. The van der Waals surface area contributed by atoms with Gasteiger partial charge in [0.05, 0.1) is 28.8 Å². The molecule has 64 heavy (non-hydrogen) atoms. The maximum Gasteiger partial charge on any atom is 0.160 e. The number of carbonyl (C=O) groups is 2. The summed E-state index contributed by atoms with van der Waals surface area (Å²) < 4.78 is 14.3. The molecule has 346 valence electrons. The number of aromatic nitrogens is 2. The quantitative estimate of drug-likeness (QED) is 0.204. The van der Waals surface area contributed by atoms with Crippen molar-refractivity contribution in [1.29, 1.82) is 0 Å². The van der Waals surface area contributed by atoms with Crippen LogP contribution in [-0.2, 0) is 38.4 Å². The summed E-state index contributed by atoms with van der Waals surface area (Å²) in [5.74, 6) is 1.40. The number of carbonyl (C=O) groups excluding carboxylic acids is 2. The van der Waals surface area contributed by atoms with E-state index in [9.17, 15) is 15.0 Å². The van der Waals surface area contributed by atoms with Crippen molar-refractivity contribution in [2.75, 3.05) is 13.2 Å². The van der Waals surface area contributed by atoms with Gasteiger partial charge in [0.2, 0.25) is 0 Å². The second-order valence-corrected chi connectivity index (χ2v) is 24.6. The lowest BCUT2D eigenvalue weighted by Gasteiger charge is -2.70. The van der Waals surface area contributed by atoms with Crippen LogP contribution >= 0.6 is 0 Å². The normalized spacial score (nSPS) is 40.4. The molecule has 8 nitrogen and oxygen atoms in total. The second kappa shape index (κ2) is 14.7. The summed E-state index contributed by atoms with van der Waals surface area (Å²) in [6.45, 7) is 20.4. The molecule has 5 heterocycles. The topological polar surface area (TPSA) is 117 Å². The maximum absolute atomic E-state index is 15.4. The molecule has 2 saturated heterocycles. The Balaban J connectivity index is 1.06. The SMILES string of the molecule is Cc1cc(Cc2cn3c4c(c[nH]c24)CCC(C)(CC(O)C2OC2(C)C)C2=C4C(C3)C(O)C3C5(C)CCC(=O)C(C)(C6CCCC6)C5CCC3(C)C4(C)CC2=O)cc(C2CCOCC2)c1. The van der Waals surface area contributed by atoms with Crippen LogP contribution in [0, 0.1) is 57.7 Å². The fourth-order valence-electron chi connectivity index (χ4n) is 17.4. The van der Waals surface area contributed by atoms with Gasteiger partial charge < -0.3 is 29.2 Å². The Hall–Kier alpha value is -3.04. The highest BCUT2D eigenvalue weighted by atomic mass is 16.6. The molecule has 0 radical (unpaired) electrons. The molecule has 6 fully saturated rings. The first kappa shape index (κ1) is 43.5. The number of hydrogen-bond donors (Lipinski definition) is 3. The number of ketones is 2. The van der Waals surface area contributed by atoms with Crippen LogP contribution in [0.25, 0.3) is 11.0 Å². The number of ether oxygens (including phenoxy) is 2. The number of hydrogen-bond acceptors (Lipinski definition) is 6. The number of aliphatic hydroxyl groups excluding tert-OH is 2. The molecule has 11 unspecified atom stereocenters. The lowest BCUT2D eigenvalue weighted by molar-refractivity contribution is -0.227. The van der Waals surface area contributed by atoms with Gasteiger partial charge in [-0.2, -0.15) is 0 Å². The Morgan fingerprint density at radius 2 is 1.66 bits per heavy atom. The van der Waals surface area contributed by atoms with Gasteiger partial charge in [-0.1, -0.05) is 71.2 Å². The number of Topliss-reactive ketones (excluding diaryl/α,β-unsaturated/α-hetero) is 2. The largest absolute Gasteiger partial charge is 0.392 e. The highest BCUT2D eigenvalue weighted by Gasteiger charge is 2.73. The van der Waals surface area contributed by atoms with Crippen LogP contribution in [0.15, 0.2) is 41.7 Å². The van der Waals surface area contributed by atoms with E-state index < -0.39 is 28.6 Å². The molecule has 1 aromatic carbocycles. The molecule has 4 saturated carbocycles. The van der Waals surface area contributed by atoms with E-state index in [1.807, 2.05) is 13.8 Å². The van der Waals surface area contributed by atoms with Crippen molar-refractivity contribution in [3.8, 4) is 0 Å². The highest BCUT2D eigenvalue weighted by Crippen LogP contribution is 2.76. The molecule has 0 spiro atoms. The number of aromatic amines is 1. The molecular formula is C56H76N2O6. The zero-order chi connectivity index (χ0) is 44.9. The minimum atomic E-state index is -0.713. The zero-order valence-corrected chi connectivity index (χ0v) is 40.2. The van der Waals surface area contributed by atoms with Crippen molar-refractivity contribution in [2.24, 2.45) is 50.7 Å². The Morgan fingerprint density at radius 1 is 0.922 bits per heavy atom. The number of H-pyrrole nitrogens is 1. The van der Waals surface area contributed by atoms with Gasteiger partial charge in [0.15, 0.2) is 5.78 Å². The first-order chi connectivity index (χ1) is 30.3. The van der Waals surface area contributed by atoms with E-state index >= 15 is 4.79 Å². The number of epoxide rings is 1. The lowest BCUT2D eigenvalue weighted by Crippen LogP contribution is -2.68. The summed E-state index contributed by atoms with van der Waals surface area (Å²) >= 11 is 0. The van der Waals surface area contributed by atoms with Gasteiger partial charge in [-0.05, 0) is 153 Å². The van der Waals surface area contributed by atoms with Gasteiger partial charge in [0.1, 0.15) is 11.9 Å². The molecule has 5 aliphatic carbocycles. The van der Waals surface area contributed by atoms with Crippen LogP contribution in [0.4, 0.5) is 0 Å². The molecule has 0 amide bonds. The third kappa shape index (κ3) is 6.18. The predicted molar refractivity (Wildman–Crippen MR) is 250 cm³/mol. The van der Waals surface area contributed by atoms with Crippen LogP contribution < -0.4 is 0 Å². The molecule has 11 rings (SSSR count). The summed E-state index contributed by atoms with van der Waals surface area (Å²) in [5, 5.41) is 25.8. The summed E-state index contributed by atoms with van der Waals surface area (Å²) in [7, 11) is 0. The van der Waals surface area contributed by atoms with Crippen molar-refractivity contribution in [3.63, 3.8) is 0 Å². The average Bonchev–Trinajstić information content (AvgIpc) is 3.79. The highest BCUT2D eigenvalue weighted by molar-refractivity contribution is 6.02. The van der Waals surface area contributed by atoms with E-state index in [4.69, 9.17) is 9.47 Å². The number of benzene rings is 1. The van der Waals surface area contributed by atoms with Gasteiger partial charge in [0, 0.05) is 73.7 Å². The third-order valence-electron chi connectivity index (χ3n) is 20.7. The number of nitrogens with one attached hydrogen (secondary N) is 1. The minimum absolute atomic E-state index is 0.0777. The summed E-state index contributed by atoms with van der Waals surface area (Å²) in [5.41, 5.74) is 8.45. The van der Waals surface area contributed by atoms with Crippen molar-refractivity contribution < 1.29 is 29.3 Å². The standard InChI is InChI=1S/C56H76N2O6/c1-32-23-33(25-36(24-32)34-16-21-63-22-17-34)26-37-30-58-31-39-44-45(52(4,27-41(60)50-51(2,3)64-50)18-13-35-29-57-46(37)47(35)58)40(59)28-55(44,7)54(6)20-14-42-53(5,49(54)48(39)62)19-15-43(61)56(42,8)38-11-9-10-12-38/h23-25,29-30,34,38-39,41-42,48-50,57,60,62H,9-22,26-28,31H2,1-8H3. The Morgan fingerprint density at radius 3 is 2.38 bits per heavy atom. The van der Waals surface area contributed by atoms with Gasteiger partial charge in [-0.15, -0.1) is 0 Å². The molecule has 3 aliphatic heterocycles. The molecule has 2 aromatic heterocycles. The molecule has 8 aliphatic rings. The number of fused-ring (bicyclic) bond motifs is 4. The Labute approximate surface area is 381 Å². The van der Waals surface area contributed by atoms with Gasteiger partial charge in [0.25, 0.3) is 0 Å². The van der Waals surface area contributed by atoms with Crippen LogP contribution in [0.1, 0.15) is 166 Å². The van der Waals surface area contributed by atoms with Crippen LogP contribution in [0.3, 0.4) is 0 Å². The van der Waals surface area contributed by atoms with E-state index in [1.54, 1.807) is 0 Å². The van der Waals surface area contributed by atoms with Crippen LogP contribution in [0.2, 0.25) is 0 Å². The van der Waals surface area contributed by atoms with Gasteiger partial charge >= 0.3 is 0 Å². The summed E-state index contributed by atoms with van der Waals surface area (Å²) in [6, 6.07) is 7.14. The molecule has 8 heteroatoms. The molecule has 0 bridgehead atoms. The molecule has 3 aromatic rings. The lowest BCUT2D eigenvalue weighted by atomic mass is 9.33. The number of aryl methyl sites for hydroxylation is 2. The van der Waals surface area contributed by atoms with Crippen LogP contribution in [-0.4, -0.2) is 68.5 Å². The number of aliphatic hydroxyl groups is 2. The first-order valence-electron chi connectivity index (χ1n) is 25.5. The van der Waals surface area contributed by atoms with Crippen molar-refractivity contribution in [2.45, 2.75) is 188 Å². The van der Waals surface area contributed by atoms with Crippen molar-refractivity contribution >= 4 is 22.6 Å². The smallest absolute Gasteiger partial charge is 0.160 e. The predicted octanol–water partition coefficient (Wildman–Crippen LogP) is 10.5. The number of rotatable bonds is 7. The first-order valence-corrected chi connectivity index (χ1v) is 25.5. The molecule has 3 N–H and O–H groups in total. The fraction of sp³-hybridized carbons (Fsp3) is 0.714. The minimum Gasteiger partial charge on any atom is -0.392 e. The van der Waals surface area contributed by atoms with Crippen LogP contribution in [0.5, 0.6) is 0 Å². The summed E-state index contributed by atoms with van der Waals surface area (Å²) in [6.07, 6.45) is 16.0. The zero-order valence-electron chi connectivity index (χ0n) is 40.2. The number of nitrogens with zero attached hydrogens (tertiary/aromatic N) is 1. The summed E-state index contributed by atoms with van der Waals surface area (Å²) in [4.78, 5) is 33.5. The van der Waals surface area contributed by atoms with E-state index in [1.165, 1.54) is 51.7 Å². The molecular weight excluding hydrogens is 797 g/mol. The average molecular weight is 873 g/mol. The maximum atomic E-state index is 15.4. The Bertz CT molecular complexity index is 2430. The van der Waals surface area contributed by atoms with E-state index in [0.29, 0.717) is 49.8 Å². The van der Waals surface area contributed by atoms with Crippen molar-refractivity contribution in [3.05, 3.63) is 69.6 Å². The van der Waals surface area contributed by atoms with Crippen molar-refractivity contribution in [1.82, 2.24) is 9.55 Å². The van der Waals surface area contributed by atoms with E-state index in [0.717, 1.165) is 82.1 Å². The van der Waals surface area contributed by atoms with Gasteiger partial charge in [-0.25, -0.2) is 0 Å². The molecule has 11 atom stereocenters. The Kier molecular flexibility index (Phi) is 10.0. The monoisotopic (exact) mass is 873 g/mol. The third-order valence-corrected chi connectivity index (χ3v) is 20.7.